The molecule has 1 aromatic heterocycles. The summed E-state index contributed by atoms with van der Waals surface area (Å²) in [4.78, 5) is 1.35. The van der Waals surface area contributed by atoms with E-state index in [-0.39, 0.29) is 5.92 Å². The Labute approximate surface area is 96.7 Å². The average Bonchev–Trinajstić information content (AvgIpc) is 2.64. The second-order valence-electron chi connectivity index (χ2n) is 4.13. The molecule has 16 heavy (non-hydrogen) atoms. The first-order chi connectivity index (χ1) is 7.56. The van der Waals surface area contributed by atoms with Crippen LogP contribution in [0.3, 0.4) is 0 Å². The number of thiophene rings is 1. The minimum absolute atomic E-state index is 0.261. The van der Waals surface area contributed by atoms with Crippen molar-refractivity contribution in [2.75, 3.05) is 13.1 Å². The lowest BCUT2D eigenvalue weighted by Crippen LogP contribution is -2.32. The Kier molecular flexibility index (Phi) is 3.54. The number of hydrogen-bond donors (Lipinski definition) is 1. The zero-order valence-corrected chi connectivity index (χ0v) is 9.63. The van der Waals surface area contributed by atoms with Gasteiger partial charge in [0.2, 0.25) is 0 Å². The number of nitrogens with one attached hydrogen (secondary N) is 1. The minimum atomic E-state index is -4.11. The van der Waals surface area contributed by atoms with Crippen molar-refractivity contribution < 1.29 is 13.2 Å². The summed E-state index contributed by atoms with van der Waals surface area (Å²) in [7, 11) is 0. The molecule has 1 nitrogen and oxygen atoms in total. The molecule has 1 aliphatic rings. The van der Waals surface area contributed by atoms with Gasteiger partial charge in [-0.3, -0.25) is 0 Å². The van der Waals surface area contributed by atoms with Crippen molar-refractivity contribution in [2.24, 2.45) is 0 Å². The molecule has 1 heterocycles. The summed E-state index contributed by atoms with van der Waals surface area (Å²) in [5.41, 5.74) is 1.26. The topological polar surface area (TPSA) is 12.0 Å². The highest BCUT2D eigenvalue weighted by atomic mass is 32.1. The molecule has 0 aromatic carbocycles. The number of rotatable bonds is 3. The van der Waals surface area contributed by atoms with E-state index in [1.165, 1.54) is 10.4 Å². The van der Waals surface area contributed by atoms with Crippen molar-refractivity contribution in [3.05, 3.63) is 21.9 Å². The van der Waals surface area contributed by atoms with Crippen LogP contribution in [0.2, 0.25) is 0 Å². The third kappa shape index (κ3) is 2.98. The molecular formula is C11H14F3NS. The number of fused-ring (bicyclic) bond motifs is 1. The lowest BCUT2D eigenvalue weighted by atomic mass is 9.88. The number of aryl methyl sites for hydroxylation is 1. The highest BCUT2D eigenvalue weighted by Crippen LogP contribution is 2.34. The summed E-state index contributed by atoms with van der Waals surface area (Å²) in [5, 5.41) is 4.54. The van der Waals surface area contributed by atoms with Gasteiger partial charge in [-0.2, -0.15) is 13.2 Å². The van der Waals surface area contributed by atoms with Gasteiger partial charge in [-0.15, -0.1) is 11.3 Å². The summed E-state index contributed by atoms with van der Waals surface area (Å²) in [6, 6.07) is 2.05. The van der Waals surface area contributed by atoms with Gasteiger partial charge < -0.3 is 5.32 Å². The summed E-state index contributed by atoms with van der Waals surface area (Å²) < 4.78 is 36.0. The van der Waals surface area contributed by atoms with Crippen LogP contribution >= 0.6 is 11.3 Å². The predicted molar refractivity (Wildman–Crippen MR) is 58.9 cm³/mol. The second-order valence-corrected chi connectivity index (χ2v) is 5.14. The van der Waals surface area contributed by atoms with E-state index in [4.69, 9.17) is 0 Å². The van der Waals surface area contributed by atoms with Crippen LogP contribution in [-0.2, 0) is 6.42 Å². The maximum Gasteiger partial charge on any atom is 0.401 e. The van der Waals surface area contributed by atoms with Crippen LogP contribution < -0.4 is 5.32 Å². The van der Waals surface area contributed by atoms with Gasteiger partial charge >= 0.3 is 6.18 Å². The summed E-state index contributed by atoms with van der Waals surface area (Å²) in [5.74, 6) is 0.261. The molecule has 1 unspecified atom stereocenters. The fourth-order valence-corrected chi connectivity index (χ4v) is 3.19. The molecule has 0 aliphatic heterocycles. The summed E-state index contributed by atoms with van der Waals surface area (Å²) in [6.45, 7) is -0.452. The van der Waals surface area contributed by atoms with E-state index in [1.54, 1.807) is 11.3 Å². The van der Waals surface area contributed by atoms with Gasteiger partial charge in [0.15, 0.2) is 0 Å². The van der Waals surface area contributed by atoms with E-state index < -0.39 is 12.7 Å². The van der Waals surface area contributed by atoms with Crippen molar-refractivity contribution in [1.29, 1.82) is 0 Å². The Hall–Kier alpha value is -0.550. The normalized spacial score (nSPS) is 20.8. The smallest absolute Gasteiger partial charge is 0.308 e. The predicted octanol–water partition coefficient (Wildman–Crippen LogP) is 3.32. The van der Waals surface area contributed by atoms with Crippen LogP contribution in [0.1, 0.15) is 29.2 Å². The van der Waals surface area contributed by atoms with E-state index in [2.05, 4.69) is 11.4 Å². The Bertz CT molecular complexity index is 345. The summed E-state index contributed by atoms with van der Waals surface area (Å²) >= 11 is 1.72. The molecule has 0 saturated carbocycles. The molecule has 1 aliphatic carbocycles. The molecule has 1 aromatic rings. The first-order valence-corrected chi connectivity index (χ1v) is 6.28. The quantitative estimate of drug-likeness (QED) is 0.866. The minimum Gasteiger partial charge on any atom is -0.308 e. The Balaban J connectivity index is 1.88. The van der Waals surface area contributed by atoms with Gasteiger partial charge in [0, 0.05) is 11.4 Å². The van der Waals surface area contributed by atoms with Crippen LogP contribution in [0.5, 0.6) is 0 Å². The molecule has 0 radical (unpaired) electrons. The van der Waals surface area contributed by atoms with Crippen LogP contribution in [0.25, 0.3) is 0 Å². The van der Waals surface area contributed by atoms with Gasteiger partial charge in [0.25, 0.3) is 0 Å². The fourth-order valence-electron chi connectivity index (χ4n) is 2.18. The van der Waals surface area contributed by atoms with Crippen LogP contribution in [-0.4, -0.2) is 19.3 Å². The average molecular weight is 249 g/mol. The van der Waals surface area contributed by atoms with Gasteiger partial charge in [0.05, 0.1) is 6.54 Å². The van der Waals surface area contributed by atoms with Gasteiger partial charge in [-0.1, -0.05) is 0 Å². The highest BCUT2D eigenvalue weighted by molar-refractivity contribution is 7.10. The van der Waals surface area contributed by atoms with E-state index in [9.17, 15) is 13.2 Å². The van der Waals surface area contributed by atoms with E-state index >= 15 is 0 Å². The number of hydrogen-bond acceptors (Lipinski definition) is 2. The van der Waals surface area contributed by atoms with Crippen molar-refractivity contribution in [2.45, 2.75) is 31.4 Å². The maximum atomic E-state index is 12.0. The molecule has 0 fully saturated rings. The Morgan fingerprint density at radius 3 is 3.00 bits per heavy atom. The zero-order valence-electron chi connectivity index (χ0n) is 8.81. The maximum absolute atomic E-state index is 12.0. The standard InChI is InChI=1S/C11H14F3NS/c12-11(13,14)7-15-6-8-2-1-3-10-9(8)4-5-16-10/h4-5,8,15H,1-3,6-7H2. The lowest BCUT2D eigenvalue weighted by molar-refractivity contribution is -0.124. The number of alkyl halides is 3. The van der Waals surface area contributed by atoms with Gasteiger partial charge in [0.1, 0.15) is 0 Å². The van der Waals surface area contributed by atoms with Crippen LogP contribution in [0.4, 0.5) is 13.2 Å². The van der Waals surface area contributed by atoms with E-state index in [1.807, 2.05) is 5.38 Å². The van der Waals surface area contributed by atoms with E-state index in [0.717, 1.165) is 19.3 Å². The third-order valence-electron chi connectivity index (χ3n) is 2.89. The van der Waals surface area contributed by atoms with Crippen molar-refractivity contribution in [3.8, 4) is 0 Å². The lowest BCUT2D eigenvalue weighted by Gasteiger charge is -2.23. The molecule has 0 saturated heterocycles. The second kappa shape index (κ2) is 4.75. The van der Waals surface area contributed by atoms with Crippen LogP contribution in [0.15, 0.2) is 11.4 Å². The van der Waals surface area contributed by atoms with Crippen molar-refractivity contribution >= 4 is 11.3 Å². The van der Waals surface area contributed by atoms with Gasteiger partial charge in [-0.05, 0) is 42.2 Å². The molecular weight excluding hydrogens is 235 g/mol. The summed E-state index contributed by atoms with van der Waals surface area (Å²) in [6.07, 6.45) is -0.935. The molecule has 2 rings (SSSR count). The van der Waals surface area contributed by atoms with Crippen molar-refractivity contribution in [1.82, 2.24) is 5.32 Å². The molecule has 0 bridgehead atoms. The number of halogens is 3. The SMILES string of the molecule is FC(F)(F)CNCC1CCCc2sccc21. The Morgan fingerprint density at radius 1 is 1.44 bits per heavy atom. The monoisotopic (exact) mass is 249 g/mol. The molecule has 90 valence electrons. The molecule has 0 amide bonds. The zero-order chi connectivity index (χ0) is 11.6. The fraction of sp³-hybridized carbons (Fsp3) is 0.636. The van der Waals surface area contributed by atoms with Crippen molar-refractivity contribution in [3.63, 3.8) is 0 Å². The molecule has 1 N–H and O–H groups in total. The molecule has 1 atom stereocenters. The first-order valence-electron chi connectivity index (χ1n) is 5.40. The molecule has 5 heteroatoms. The largest absolute Gasteiger partial charge is 0.401 e. The Morgan fingerprint density at radius 2 is 2.25 bits per heavy atom. The van der Waals surface area contributed by atoms with E-state index in [0.29, 0.717) is 6.54 Å². The first kappa shape index (κ1) is 11.9. The molecule has 0 spiro atoms. The highest BCUT2D eigenvalue weighted by Gasteiger charge is 2.27. The third-order valence-corrected chi connectivity index (χ3v) is 3.89. The van der Waals surface area contributed by atoms with Gasteiger partial charge in [-0.25, -0.2) is 0 Å². The van der Waals surface area contributed by atoms with Crippen LogP contribution in [0, 0.1) is 0 Å².